The molecule has 2 aromatic carbocycles. The molecule has 0 radical (unpaired) electrons. The lowest BCUT2D eigenvalue weighted by Crippen LogP contribution is -2.16. The van der Waals surface area contributed by atoms with E-state index in [4.69, 9.17) is 0 Å². The fourth-order valence-corrected chi connectivity index (χ4v) is 4.97. The van der Waals surface area contributed by atoms with Crippen molar-refractivity contribution in [1.29, 1.82) is 0 Å². The van der Waals surface area contributed by atoms with Gasteiger partial charge in [-0.25, -0.2) is 8.42 Å². The summed E-state index contributed by atoms with van der Waals surface area (Å²) in [4.78, 5) is 0.338. The van der Waals surface area contributed by atoms with E-state index >= 15 is 0 Å². The highest BCUT2D eigenvalue weighted by Crippen LogP contribution is 2.25. The van der Waals surface area contributed by atoms with Crippen LogP contribution in [0.15, 0.2) is 58.2 Å². The highest BCUT2D eigenvalue weighted by atomic mass is 79.9. The molecule has 0 amide bonds. The number of nitrogens with one attached hydrogen (secondary N) is 1. The molecule has 0 saturated heterocycles. The molecule has 1 heterocycles. The van der Waals surface area contributed by atoms with Crippen LogP contribution in [-0.2, 0) is 16.6 Å². The van der Waals surface area contributed by atoms with E-state index in [2.05, 4.69) is 25.8 Å². The minimum atomic E-state index is -3.66. The number of sulfonamides is 1. The molecule has 0 saturated carbocycles. The molecule has 0 aliphatic carbocycles. The quantitative estimate of drug-likeness (QED) is 0.647. The molecule has 1 aromatic heterocycles. The van der Waals surface area contributed by atoms with E-state index in [0.717, 1.165) is 26.7 Å². The zero-order chi connectivity index (χ0) is 18.9. The fraction of sp³-hybridized carbons (Fsp3) is 0.211. The zero-order valence-electron chi connectivity index (χ0n) is 14.8. The molecule has 7 heteroatoms. The third-order valence-electron chi connectivity index (χ3n) is 4.00. The van der Waals surface area contributed by atoms with E-state index in [0.29, 0.717) is 17.1 Å². The summed E-state index contributed by atoms with van der Waals surface area (Å²) in [6.45, 7) is 6.16. The number of rotatable bonds is 5. The first-order valence-corrected chi connectivity index (χ1v) is 10.4. The summed E-state index contributed by atoms with van der Waals surface area (Å²) in [5, 5.41) is 4.23. The van der Waals surface area contributed by atoms with E-state index < -0.39 is 10.0 Å². The number of halogens is 1. The molecule has 136 valence electrons. The van der Waals surface area contributed by atoms with Gasteiger partial charge in [-0.05, 0) is 65.5 Å². The number of aromatic nitrogens is 2. The minimum Gasteiger partial charge on any atom is -0.280 e. The van der Waals surface area contributed by atoms with Gasteiger partial charge >= 0.3 is 0 Å². The Morgan fingerprint density at radius 3 is 2.42 bits per heavy atom. The maximum Gasteiger partial charge on any atom is 0.262 e. The van der Waals surface area contributed by atoms with Crippen molar-refractivity contribution in [3.05, 3.63) is 75.5 Å². The summed E-state index contributed by atoms with van der Waals surface area (Å²) in [7, 11) is -3.66. The zero-order valence-corrected chi connectivity index (χ0v) is 17.2. The maximum absolute atomic E-state index is 12.9. The second kappa shape index (κ2) is 7.25. The first-order valence-electron chi connectivity index (χ1n) is 8.12. The smallest absolute Gasteiger partial charge is 0.262 e. The predicted molar refractivity (Wildman–Crippen MR) is 107 cm³/mol. The van der Waals surface area contributed by atoms with Gasteiger partial charge in [-0.15, -0.1) is 0 Å². The van der Waals surface area contributed by atoms with Crippen molar-refractivity contribution < 1.29 is 8.42 Å². The number of anilines is 1. The van der Waals surface area contributed by atoms with Crippen molar-refractivity contribution in [2.45, 2.75) is 32.2 Å². The molecule has 5 nitrogen and oxygen atoms in total. The van der Waals surface area contributed by atoms with Crippen LogP contribution in [0.3, 0.4) is 0 Å². The summed E-state index contributed by atoms with van der Waals surface area (Å²) in [6, 6.07) is 11.1. The van der Waals surface area contributed by atoms with Gasteiger partial charge in [0.2, 0.25) is 0 Å². The van der Waals surface area contributed by atoms with Crippen LogP contribution < -0.4 is 4.72 Å². The molecule has 0 fully saturated rings. The number of nitrogens with zero attached hydrogens (tertiary/aromatic N) is 2. The molecular formula is C19H20BrN3O2S. The monoisotopic (exact) mass is 433 g/mol. The molecule has 0 atom stereocenters. The van der Waals surface area contributed by atoms with E-state index in [9.17, 15) is 8.42 Å². The Hall–Kier alpha value is -2.12. The Bertz CT molecular complexity index is 1040. The van der Waals surface area contributed by atoms with Crippen LogP contribution in [0.1, 0.15) is 22.3 Å². The van der Waals surface area contributed by atoms with Crippen LogP contribution in [0.5, 0.6) is 0 Å². The van der Waals surface area contributed by atoms with Gasteiger partial charge in [0, 0.05) is 11.9 Å². The van der Waals surface area contributed by atoms with Crippen LogP contribution in [0.2, 0.25) is 0 Å². The average molecular weight is 434 g/mol. The fourth-order valence-electron chi connectivity index (χ4n) is 3.14. The molecule has 0 aliphatic heterocycles. The Morgan fingerprint density at radius 2 is 1.81 bits per heavy atom. The molecule has 3 aromatic rings. The van der Waals surface area contributed by atoms with Crippen molar-refractivity contribution in [3.63, 3.8) is 0 Å². The Kier molecular flexibility index (Phi) is 5.20. The standard InChI is InChI=1S/C19H20BrN3O2S/c1-13-7-14(2)19(15(3)8-13)26(24,25)22-18-6-4-5-16(9-18)11-23-12-17(20)10-21-23/h4-10,12,22H,11H2,1-3H3. The molecular weight excluding hydrogens is 414 g/mol. The molecule has 1 N–H and O–H groups in total. The number of hydrogen-bond acceptors (Lipinski definition) is 3. The highest BCUT2D eigenvalue weighted by Gasteiger charge is 2.20. The van der Waals surface area contributed by atoms with E-state index in [1.165, 1.54) is 0 Å². The van der Waals surface area contributed by atoms with E-state index in [1.54, 1.807) is 16.9 Å². The van der Waals surface area contributed by atoms with Crippen LogP contribution in [0, 0.1) is 20.8 Å². The second-order valence-electron chi connectivity index (χ2n) is 6.39. The lowest BCUT2D eigenvalue weighted by atomic mass is 10.1. The molecule has 0 bridgehead atoms. The van der Waals surface area contributed by atoms with Crippen LogP contribution in [0.25, 0.3) is 0 Å². The van der Waals surface area contributed by atoms with Gasteiger partial charge in [-0.3, -0.25) is 9.40 Å². The van der Waals surface area contributed by atoms with Gasteiger partial charge in [0.05, 0.1) is 22.1 Å². The van der Waals surface area contributed by atoms with Gasteiger partial charge in [-0.1, -0.05) is 29.8 Å². The summed E-state index contributed by atoms with van der Waals surface area (Å²) in [6.07, 6.45) is 3.59. The second-order valence-corrected chi connectivity index (χ2v) is 8.92. The highest BCUT2D eigenvalue weighted by molar-refractivity contribution is 9.10. The van der Waals surface area contributed by atoms with Crippen LogP contribution in [0.4, 0.5) is 5.69 Å². The van der Waals surface area contributed by atoms with Crippen molar-refractivity contribution in [3.8, 4) is 0 Å². The molecule has 26 heavy (non-hydrogen) atoms. The van der Waals surface area contributed by atoms with Gasteiger partial charge in [0.1, 0.15) is 0 Å². The minimum absolute atomic E-state index is 0.338. The first-order chi connectivity index (χ1) is 12.2. The van der Waals surface area contributed by atoms with E-state index in [1.807, 2.05) is 57.3 Å². The number of benzene rings is 2. The molecule has 0 unspecified atom stereocenters. The predicted octanol–water partition coefficient (Wildman–Crippen LogP) is 4.42. The molecule has 0 spiro atoms. The number of aryl methyl sites for hydroxylation is 3. The number of hydrogen-bond donors (Lipinski definition) is 1. The van der Waals surface area contributed by atoms with Crippen molar-refractivity contribution in [1.82, 2.24) is 9.78 Å². The molecule has 3 rings (SSSR count). The first kappa shape index (κ1) is 18.7. The normalized spacial score (nSPS) is 11.5. The van der Waals surface area contributed by atoms with Gasteiger partial charge in [0.25, 0.3) is 10.0 Å². The summed E-state index contributed by atoms with van der Waals surface area (Å²) < 4.78 is 31.2. The van der Waals surface area contributed by atoms with Crippen LogP contribution in [-0.4, -0.2) is 18.2 Å². The van der Waals surface area contributed by atoms with E-state index in [-0.39, 0.29) is 0 Å². The Morgan fingerprint density at radius 1 is 1.12 bits per heavy atom. The lowest BCUT2D eigenvalue weighted by molar-refractivity contribution is 0.600. The van der Waals surface area contributed by atoms with Crippen molar-refractivity contribution in [2.24, 2.45) is 0 Å². The maximum atomic E-state index is 12.9. The lowest BCUT2D eigenvalue weighted by Gasteiger charge is -2.14. The van der Waals surface area contributed by atoms with Crippen molar-refractivity contribution in [2.75, 3.05) is 4.72 Å². The average Bonchev–Trinajstić information content (AvgIpc) is 2.90. The van der Waals surface area contributed by atoms with Crippen molar-refractivity contribution >= 4 is 31.6 Å². The van der Waals surface area contributed by atoms with Gasteiger partial charge in [-0.2, -0.15) is 5.10 Å². The topological polar surface area (TPSA) is 64.0 Å². The SMILES string of the molecule is Cc1cc(C)c(S(=O)(=O)Nc2cccc(Cn3cc(Br)cn3)c2)c(C)c1. The third-order valence-corrected chi connectivity index (χ3v) is 6.09. The van der Waals surface area contributed by atoms with Crippen LogP contribution >= 0.6 is 15.9 Å². The summed E-state index contributed by atoms with van der Waals surface area (Å²) in [5.41, 5.74) is 4.03. The third kappa shape index (κ3) is 4.16. The largest absolute Gasteiger partial charge is 0.280 e. The van der Waals surface area contributed by atoms with Gasteiger partial charge < -0.3 is 0 Å². The van der Waals surface area contributed by atoms with Gasteiger partial charge in [0.15, 0.2) is 0 Å². The Balaban J connectivity index is 1.88. The summed E-state index contributed by atoms with van der Waals surface area (Å²) >= 11 is 3.37. The molecule has 0 aliphatic rings. The Labute approximate surface area is 162 Å². The summed E-state index contributed by atoms with van der Waals surface area (Å²) in [5.74, 6) is 0.